The molecule has 0 radical (unpaired) electrons. The summed E-state index contributed by atoms with van der Waals surface area (Å²) in [4.78, 5) is 0. The fraction of sp³-hybridized carbons (Fsp3) is 0.429. The highest BCUT2D eigenvalue weighted by molar-refractivity contribution is 5.15. The third kappa shape index (κ3) is 4.80. The van der Waals surface area contributed by atoms with Gasteiger partial charge in [0, 0.05) is 12.6 Å². The van der Waals surface area contributed by atoms with Gasteiger partial charge < -0.3 is 5.32 Å². The van der Waals surface area contributed by atoms with E-state index >= 15 is 0 Å². The molecule has 0 aliphatic carbocycles. The zero-order chi connectivity index (χ0) is 11.1. The Labute approximate surface area is 93.2 Å². The maximum atomic E-state index is 3.91. The highest BCUT2D eigenvalue weighted by atomic mass is 14.9. The van der Waals surface area contributed by atoms with Gasteiger partial charge in [0.25, 0.3) is 0 Å². The molecule has 0 fully saturated rings. The summed E-state index contributed by atoms with van der Waals surface area (Å²) in [5.74, 6) is 0. The number of benzene rings is 1. The van der Waals surface area contributed by atoms with Crippen LogP contribution in [0.15, 0.2) is 42.5 Å². The van der Waals surface area contributed by atoms with Gasteiger partial charge in [-0.2, -0.15) is 0 Å². The molecule has 1 aromatic rings. The van der Waals surface area contributed by atoms with Crippen molar-refractivity contribution < 1.29 is 0 Å². The fourth-order valence-electron chi connectivity index (χ4n) is 1.58. The van der Waals surface area contributed by atoms with Gasteiger partial charge in [0.2, 0.25) is 0 Å². The van der Waals surface area contributed by atoms with Gasteiger partial charge in [-0.15, -0.1) is 0 Å². The summed E-state index contributed by atoms with van der Waals surface area (Å²) in [6.45, 7) is 9.11. The Morgan fingerprint density at radius 2 is 2.00 bits per heavy atom. The van der Waals surface area contributed by atoms with Crippen LogP contribution in [-0.2, 0) is 6.42 Å². The maximum Gasteiger partial charge on any atom is 0.0161 e. The van der Waals surface area contributed by atoms with Crippen LogP contribution in [0.5, 0.6) is 0 Å². The molecule has 1 atom stereocenters. The molecular formula is C14H21N. The monoisotopic (exact) mass is 203 g/mol. The lowest BCUT2D eigenvalue weighted by atomic mass is 10.0. The van der Waals surface area contributed by atoms with Crippen molar-refractivity contribution in [2.75, 3.05) is 6.54 Å². The zero-order valence-corrected chi connectivity index (χ0v) is 9.79. The molecule has 0 aromatic heterocycles. The van der Waals surface area contributed by atoms with Crippen LogP contribution in [0.1, 0.15) is 25.8 Å². The molecule has 1 nitrogen and oxygen atoms in total. The molecule has 0 aliphatic heterocycles. The lowest BCUT2D eigenvalue weighted by Crippen LogP contribution is -2.31. The summed E-state index contributed by atoms with van der Waals surface area (Å²) >= 11 is 0. The van der Waals surface area contributed by atoms with Gasteiger partial charge in [-0.05, 0) is 25.3 Å². The van der Waals surface area contributed by atoms with Crippen LogP contribution in [0.4, 0.5) is 0 Å². The van der Waals surface area contributed by atoms with E-state index in [0.717, 1.165) is 19.4 Å². The van der Waals surface area contributed by atoms with Crippen molar-refractivity contribution in [3.05, 3.63) is 48.0 Å². The molecule has 1 heteroatoms. The van der Waals surface area contributed by atoms with Gasteiger partial charge in [-0.3, -0.25) is 0 Å². The van der Waals surface area contributed by atoms with Gasteiger partial charge in [0.05, 0.1) is 0 Å². The smallest absolute Gasteiger partial charge is 0.0161 e. The van der Waals surface area contributed by atoms with Crippen LogP contribution in [0.2, 0.25) is 0 Å². The number of nitrogens with one attached hydrogen (secondary N) is 1. The molecular weight excluding hydrogens is 182 g/mol. The molecule has 0 saturated carbocycles. The molecule has 0 aliphatic rings. The first-order valence-corrected chi connectivity index (χ1v) is 5.64. The predicted octanol–water partition coefficient (Wildman–Crippen LogP) is 3.17. The second-order valence-corrected chi connectivity index (χ2v) is 4.13. The molecule has 15 heavy (non-hydrogen) atoms. The van der Waals surface area contributed by atoms with Crippen LogP contribution in [0, 0.1) is 0 Å². The van der Waals surface area contributed by atoms with Crippen molar-refractivity contribution in [1.29, 1.82) is 0 Å². The largest absolute Gasteiger partial charge is 0.310 e. The average Bonchev–Trinajstić information content (AvgIpc) is 2.25. The molecule has 0 saturated heterocycles. The molecule has 0 bridgehead atoms. The SMILES string of the molecule is C=C(C)CNC(CC)Cc1ccccc1. The Morgan fingerprint density at radius 3 is 2.53 bits per heavy atom. The van der Waals surface area contributed by atoms with Crippen molar-refractivity contribution in [3.63, 3.8) is 0 Å². The van der Waals surface area contributed by atoms with E-state index < -0.39 is 0 Å². The van der Waals surface area contributed by atoms with Gasteiger partial charge in [0.1, 0.15) is 0 Å². The first kappa shape index (κ1) is 12.0. The van der Waals surface area contributed by atoms with E-state index in [1.807, 2.05) is 0 Å². The van der Waals surface area contributed by atoms with E-state index in [1.165, 1.54) is 11.1 Å². The minimum Gasteiger partial charge on any atom is -0.310 e. The first-order valence-electron chi connectivity index (χ1n) is 5.64. The highest BCUT2D eigenvalue weighted by Crippen LogP contribution is 2.05. The first-order chi connectivity index (χ1) is 7.22. The normalized spacial score (nSPS) is 12.4. The lowest BCUT2D eigenvalue weighted by Gasteiger charge is -2.17. The van der Waals surface area contributed by atoms with Gasteiger partial charge in [-0.25, -0.2) is 0 Å². The average molecular weight is 203 g/mol. The van der Waals surface area contributed by atoms with Crippen molar-refractivity contribution in [3.8, 4) is 0 Å². The summed E-state index contributed by atoms with van der Waals surface area (Å²) < 4.78 is 0. The molecule has 1 rings (SSSR count). The van der Waals surface area contributed by atoms with Crippen molar-refractivity contribution >= 4 is 0 Å². The highest BCUT2D eigenvalue weighted by Gasteiger charge is 2.05. The van der Waals surface area contributed by atoms with E-state index in [2.05, 4.69) is 56.1 Å². The molecule has 1 N–H and O–H groups in total. The predicted molar refractivity (Wildman–Crippen MR) is 67.0 cm³/mol. The van der Waals surface area contributed by atoms with Gasteiger partial charge in [0.15, 0.2) is 0 Å². The van der Waals surface area contributed by atoms with Gasteiger partial charge in [-0.1, -0.05) is 49.4 Å². The third-order valence-electron chi connectivity index (χ3n) is 2.51. The van der Waals surface area contributed by atoms with Crippen LogP contribution in [0.25, 0.3) is 0 Å². The van der Waals surface area contributed by atoms with Crippen LogP contribution in [-0.4, -0.2) is 12.6 Å². The standard InChI is InChI=1S/C14H21N/c1-4-14(15-11-12(2)3)10-13-8-6-5-7-9-13/h5-9,14-15H,2,4,10-11H2,1,3H3. The molecule has 82 valence electrons. The lowest BCUT2D eigenvalue weighted by molar-refractivity contribution is 0.516. The summed E-state index contributed by atoms with van der Waals surface area (Å²) in [7, 11) is 0. The summed E-state index contributed by atoms with van der Waals surface area (Å²) in [5, 5.41) is 3.52. The topological polar surface area (TPSA) is 12.0 Å². The van der Waals surface area contributed by atoms with Crippen LogP contribution >= 0.6 is 0 Å². The fourth-order valence-corrected chi connectivity index (χ4v) is 1.58. The van der Waals surface area contributed by atoms with E-state index in [1.54, 1.807) is 0 Å². The van der Waals surface area contributed by atoms with E-state index in [0.29, 0.717) is 6.04 Å². The van der Waals surface area contributed by atoms with E-state index in [4.69, 9.17) is 0 Å². The molecule has 0 spiro atoms. The second kappa shape index (κ2) is 6.41. The minimum atomic E-state index is 0.559. The Hall–Kier alpha value is -1.08. The molecule has 0 heterocycles. The zero-order valence-electron chi connectivity index (χ0n) is 9.79. The van der Waals surface area contributed by atoms with Crippen molar-refractivity contribution in [2.45, 2.75) is 32.7 Å². The molecule has 1 aromatic carbocycles. The number of rotatable bonds is 6. The van der Waals surface area contributed by atoms with Crippen LogP contribution in [0.3, 0.4) is 0 Å². The van der Waals surface area contributed by atoms with Gasteiger partial charge >= 0.3 is 0 Å². The Balaban J connectivity index is 2.43. The number of hydrogen-bond donors (Lipinski definition) is 1. The van der Waals surface area contributed by atoms with Crippen molar-refractivity contribution in [1.82, 2.24) is 5.32 Å². The van der Waals surface area contributed by atoms with Crippen LogP contribution < -0.4 is 5.32 Å². The van der Waals surface area contributed by atoms with Crippen molar-refractivity contribution in [2.24, 2.45) is 0 Å². The maximum absolute atomic E-state index is 3.91. The third-order valence-corrected chi connectivity index (χ3v) is 2.51. The van der Waals surface area contributed by atoms with E-state index in [-0.39, 0.29) is 0 Å². The number of hydrogen-bond acceptors (Lipinski definition) is 1. The summed E-state index contributed by atoms with van der Waals surface area (Å²) in [6, 6.07) is 11.2. The Morgan fingerprint density at radius 1 is 1.33 bits per heavy atom. The minimum absolute atomic E-state index is 0.559. The second-order valence-electron chi connectivity index (χ2n) is 4.13. The molecule has 1 unspecified atom stereocenters. The quantitative estimate of drug-likeness (QED) is 0.700. The van der Waals surface area contributed by atoms with E-state index in [9.17, 15) is 0 Å². The Kier molecular flexibility index (Phi) is 5.13. The Bertz CT molecular complexity index is 289. The summed E-state index contributed by atoms with van der Waals surface area (Å²) in [6.07, 6.45) is 2.26. The molecule has 0 amide bonds. The summed E-state index contributed by atoms with van der Waals surface area (Å²) in [5.41, 5.74) is 2.60.